The topological polar surface area (TPSA) is 91.4 Å². The number of hydrogen-bond donors (Lipinski definition) is 2. The summed E-state index contributed by atoms with van der Waals surface area (Å²) in [6, 6.07) is 5.87. The Bertz CT molecular complexity index is 606. The van der Waals surface area contributed by atoms with Gasteiger partial charge in [0.2, 0.25) is 15.9 Å². The highest BCUT2D eigenvalue weighted by atomic mass is 32.2. The number of hydrogen-bond acceptors (Lipinski definition) is 5. The van der Waals surface area contributed by atoms with Gasteiger partial charge in [-0.1, -0.05) is 6.07 Å². The van der Waals surface area contributed by atoms with Crippen LogP contribution in [0.3, 0.4) is 0 Å². The molecular weight excluding hydrogens is 316 g/mol. The standard InChI is InChI=1S/C15H24N4O3S/c1-23(21,22)18-9-7-15(20)17-11-13-5-4-10-19(12-13)14-6-2-3-8-16-14/h2-3,6,8,13,18H,4-5,7,9-12H2,1H3,(H,17,20)/t13-/m0/s1. The molecule has 8 heteroatoms. The van der Waals surface area contributed by atoms with Crippen LogP contribution in [0.15, 0.2) is 24.4 Å². The van der Waals surface area contributed by atoms with E-state index in [0.29, 0.717) is 12.5 Å². The van der Waals surface area contributed by atoms with E-state index in [1.807, 2.05) is 18.2 Å². The van der Waals surface area contributed by atoms with Crippen molar-refractivity contribution >= 4 is 21.7 Å². The molecule has 1 aliphatic rings. The molecule has 0 saturated carbocycles. The molecule has 0 bridgehead atoms. The van der Waals surface area contributed by atoms with Crippen molar-refractivity contribution in [2.45, 2.75) is 19.3 Å². The second-order valence-corrected chi connectivity index (χ2v) is 7.70. The molecule has 7 nitrogen and oxygen atoms in total. The van der Waals surface area contributed by atoms with Gasteiger partial charge >= 0.3 is 0 Å². The smallest absolute Gasteiger partial charge is 0.221 e. The second-order valence-electron chi connectivity index (χ2n) is 5.86. The average Bonchev–Trinajstić information content (AvgIpc) is 2.53. The minimum absolute atomic E-state index is 0.129. The van der Waals surface area contributed by atoms with Gasteiger partial charge in [0.05, 0.1) is 6.26 Å². The first kappa shape index (κ1) is 17.7. The van der Waals surface area contributed by atoms with Crippen LogP contribution < -0.4 is 14.9 Å². The quantitative estimate of drug-likeness (QED) is 0.747. The van der Waals surface area contributed by atoms with E-state index in [1.165, 1.54) is 0 Å². The van der Waals surface area contributed by atoms with Crippen molar-refractivity contribution in [2.24, 2.45) is 5.92 Å². The number of anilines is 1. The van der Waals surface area contributed by atoms with Crippen molar-refractivity contribution in [1.29, 1.82) is 0 Å². The molecule has 2 heterocycles. The lowest BCUT2D eigenvalue weighted by atomic mass is 9.98. The van der Waals surface area contributed by atoms with Crippen LogP contribution in [0.25, 0.3) is 0 Å². The molecule has 1 saturated heterocycles. The molecule has 1 fully saturated rings. The van der Waals surface area contributed by atoms with E-state index >= 15 is 0 Å². The number of sulfonamides is 1. The summed E-state index contributed by atoms with van der Waals surface area (Å²) in [5.74, 6) is 1.23. The third-order valence-corrected chi connectivity index (χ3v) is 4.52. The molecule has 1 aliphatic heterocycles. The van der Waals surface area contributed by atoms with E-state index in [2.05, 4.69) is 19.9 Å². The van der Waals surface area contributed by atoms with Gasteiger partial charge < -0.3 is 10.2 Å². The van der Waals surface area contributed by atoms with Gasteiger partial charge in [-0.25, -0.2) is 18.1 Å². The molecule has 0 aliphatic carbocycles. The highest BCUT2D eigenvalue weighted by Crippen LogP contribution is 2.20. The Morgan fingerprint density at radius 1 is 1.43 bits per heavy atom. The molecule has 1 amide bonds. The summed E-state index contributed by atoms with van der Waals surface area (Å²) in [6.07, 6.45) is 5.18. The molecule has 0 unspecified atom stereocenters. The van der Waals surface area contributed by atoms with Crippen LogP contribution in [-0.4, -0.2) is 51.7 Å². The van der Waals surface area contributed by atoms with Crippen LogP contribution in [0.4, 0.5) is 5.82 Å². The predicted molar refractivity (Wildman–Crippen MR) is 89.6 cm³/mol. The molecule has 0 radical (unpaired) electrons. The van der Waals surface area contributed by atoms with Gasteiger partial charge in [0, 0.05) is 38.8 Å². The number of piperidine rings is 1. The molecule has 1 aromatic rings. The molecule has 2 rings (SSSR count). The third kappa shape index (κ3) is 6.54. The zero-order valence-electron chi connectivity index (χ0n) is 13.4. The van der Waals surface area contributed by atoms with Crippen LogP contribution in [0.5, 0.6) is 0 Å². The highest BCUT2D eigenvalue weighted by molar-refractivity contribution is 7.88. The Kier molecular flexibility index (Phi) is 6.35. The van der Waals surface area contributed by atoms with E-state index in [-0.39, 0.29) is 18.9 Å². The van der Waals surface area contributed by atoms with Gasteiger partial charge in [0.15, 0.2) is 0 Å². The Balaban J connectivity index is 1.72. The largest absolute Gasteiger partial charge is 0.356 e. The molecule has 1 aromatic heterocycles. The van der Waals surface area contributed by atoms with Gasteiger partial charge in [-0.3, -0.25) is 4.79 Å². The highest BCUT2D eigenvalue weighted by Gasteiger charge is 2.21. The zero-order chi connectivity index (χ0) is 16.7. The number of carbonyl (C=O) groups is 1. The number of carbonyl (C=O) groups excluding carboxylic acids is 1. The van der Waals surface area contributed by atoms with Crippen LogP contribution >= 0.6 is 0 Å². The van der Waals surface area contributed by atoms with Crippen molar-refractivity contribution < 1.29 is 13.2 Å². The fraction of sp³-hybridized carbons (Fsp3) is 0.600. The average molecular weight is 340 g/mol. The van der Waals surface area contributed by atoms with Crippen molar-refractivity contribution in [3.05, 3.63) is 24.4 Å². The summed E-state index contributed by atoms with van der Waals surface area (Å²) < 4.78 is 24.2. The van der Waals surface area contributed by atoms with Crippen LogP contribution in [0.1, 0.15) is 19.3 Å². The summed E-state index contributed by atoms with van der Waals surface area (Å²) in [4.78, 5) is 18.4. The molecule has 0 spiro atoms. The molecule has 128 valence electrons. The van der Waals surface area contributed by atoms with Crippen LogP contribution in [-0.2, 0) is 14.8 Å². The number of nitrogens with zero attached hydrogens (tertiary/aromatic N) is 2. The fourth-order valence-electron chi connectivity index (χ4n) is 2.68. The maximum atomic E-state index is 11.8. The molecule has 0 aromatic carbocycles. The van der Waals surface area contributed by atoms with E-state index in [4.69, 9.17) is 0 Å². The van der Waals surface area contributed by atoms with Crippen molar-refractivity contribution in [2.75, 3.05) is 37.3 Å². The van der Waals surface area contributed by atoms with Crippen molar-refractivity contribution in [1.82, 2.24) is 15.0 Å². The first-order chi connectivity index (χ1) is 10.9. The summed E-state index contributed by atoms with van der Waals surface area (Å²) >= 11 is 0. The molecule has 2 N–H and O–H groups in total. The summed E-state index contributed by atoms with van der Waals surface area (Å²) in [5.41, 5.74) is 0. The summed E-state index contributed by atoms with van der Waals surface area (Å²) in [6.45, 7) is 2.61. The number of pyridine rings is 1. The normalized spacial score (nSPS) is 18.7. The van der Waals surface area contributed by atoms with Crippen molar-refractivity contribution in [3.8, 4) is 0 Å². The minimum Gasteiger partial charge on any atom is -0.356 e. The van der Waals surface area contributed by atoms with Crippen LogP contribution in [0, 0.1) is 5.92 Å². The van der Waals surface area contributed by atoms with E-state index in [9.17, 15) is 13.2 Å². The summed E-state index contributed by atoms with van der Waals surface area (Å²) in [5, 5.41) is 2.89. The predicted octanol–water partition coefficient (Wildman–Crippen LogP) is 0.354. The number of aromatic nitrogens is 1. The lowest BCUT2D eigenvalue weighted by Crippen LogP contribution is -2.41. The molecule has 1 atom stereocenters. The van der Waals surface area contributed by atoms with Crippen molar-refractivity contribution in [3.63, 3.8) is 0 Å². The van der Waals surface area contributed by atoms with Gasteiger partial charge in [0.1, 0.15) is 5.82 Å². The van der Waals surface area contributed by atoms with E-state index < -0.39 is 10.0 Å². The Morgan fingerprint density at radius 2 is 2.26 bits per heavy atom. The zero-order valence-corrected chi connectivity index (χ0v) is 14.2. The lowest BCUT2D eigenvalue weighted by molar-refractivity contribution is -0.121. The lowest BCUT2D eigenvalue weighted by Gasteiger charge is -2.33. The fourth-order valence-corrected chi connectivity index (χ4v) is 3.15. The Labute approximate surface area is 137 Å². The van der Waals surface area contributed by atoms with Gasteiger partial charge in [-0.2, -0.15) is 0 Å². The van der Waals surface area contributed by atoms with Gasteiger partial charge in [-0.05, 0) is 30.9 Å². The Hall–Kier alpha value is -1.67. The van der Waals surface area contributed by atoms with Gasteiger partial charge in [0.25, 0.3) is 0 Å². The maximum absolute atomic E-state index is 11.8. The molecular formula is C15H24N4O3S. The van der Waals surface area contributed by atoms with Gasteiger partial charge in [-0.15, -0.1) is 0 Å². The first-order valence-corrected chi connectivity index (χ1v) is 9.70. The number of amides is 1. The van der Waals surface area contributed by atoms with E-state index in [1.54, 1.807) is 6.20 Å². The maximum Gasteiger partial charge on any atom is 0.221 e. The molecule has 23 heavy (non-hydrogen) atoms. The number of rotatable bonds is 7. The van der Waals surface area contributed by atoms with E-state index in [0.717, 1.165) is 38.0 Å². The third-order valence-electron chi connectivity index (χ3n) is 3.80. The summed E-state index contributed by atoms with van der Waals surface area (Å²) in [7, 11) is -3.24. The minimum atomic E-state index is -3.24. The van der Waals surface area contributed by atoms with Crippen LogP contribution in [0.2, 0.25) is 0 Å². The first-order valence-electron chi connectivity index (χ1n) is 7.81. The monoisotopic (exact) mass is 340 g/mol. The Morgan fingerprint density at radius 3 is 2.96 bits per heavy atom. The SMILES string of the molecule is CS(=O)(=O)NCCC(=O)NC[C@@H]1CCCN(c2ccccn2)C1. The number of nitrogens with one attached hydrogen (secondary N) is 2. The second kappa shape index (κ2) is 8.26.